The van der Waals surface area contributed by atoms with Crippen molar-refractivity contribution in [3.8, 4) is 0 Å². The molecule has 0 aromatic heterocycles. The Hall–Kier alpha value is -2.44. The molecule has 1 saturated heterocycles. The van der Waals surface area contributed by atoms with Gasteiger partial charge in [-0.2, -0.15) is 0 Å². The van der Waals surface area contributed by atoms with Crippen LogP contribution in [0.15, 0.2) is 53.4 Å². The second kappa shape index (κ2) is 9.17. The lowest BCUT2D eigenvalue weighted by Gasteiger charge is -2.14. The lowest BCUT2D eigenvalue weighted by molar-refractivity contribution is -0.122. The Morgan fingerprint density at radius 2 is 1.86 bits per heavy atom. The van der Waals surface area contributed by atoms with E-state index in [1.165, 1.54) is 11.8 Å². The maximum Gasteiger partial charge on any atom is 0.266 e. The minimum atomic E-state index is -0.0859. The van der Waals surface area contributed by atoms with Gasteiger partial charge in [0.05, 0.1) is 4.91 Å². The number of aryl methyl sites for hydroxylation is 2. The van der Waals surface area contributed by atoms with E-state index >= 15 is 0 Å². The van der Waals surface area contributed by atoms with Gasteiger partial charge in [0.2, 0.25) is 5.91 Å². The van der Waals surface area contributed by atoms with Crippen LogP contribution in [0, 0.1) is 13.8 Å². The molecule has 2 aromatic carbocycles. The quantitative estimate of drug-likeness (QED) is 0.542. The lowest BCUT2D eigenvalue weighted by Crippen LogP contribution is -2.29. The molecule has 1 fully saturated rings. The van der Waals surface area contributed by atoms with Crippen molar-refractivity contribution < 1.29 is 9.59 Å². The fourth-order valence-corrected chi connectivity index (χ4v) is 4.14. The van der Waals surface area contributed by atoms with Gasteiger partial charge in [-0.1, -0.05) is 65.9 Å². The molecule has 1 N–H and O–H groups in total. The van der Waals surface area contributed by atoms with Crippen molar-refractivity contribution in [2.75, 3.05) is 11.9 Å². The van der Waals surface area contributed by atoms with Crippen LogP contribution in [0.3, 0.4) is 0 Å². The number of thioether (sulfide) groups is 1. The van der Waals surface area contributed by atoms with Crippen LogP contribution in [0.1, 0.15) is 29.5 Å². The molecule has 4 nitrogen and oxygen atoms in total. The smallest absolute Gasteiger partial charge is 0.266 e. The molecule has 1 aliphatic rings. The first-order chi connectivity index (χ1) is 13.4. The zero-order valence-electron chi connectivity index (χ0n) is 15.9. The van der Waals surface area contributed by atoms with Gasteiger partial charge in [-0.05, 0) is 49.6 Å². The van der Waals surface area contributed by atoms with Crippen LogP contribution in [-0.4, -0.2) is 27.6 Å². The van der Waals surface area contributed by atoms with Gasteiger partial charge in [-0.15, -0.1) is 0 Å². The van der Waals surface area contributed by atoms with E-state index in [0.29, 0.717) is 28.6 Å². The number of benzene rings is 2. The molecule has 2 aromatic rings. The lowest BCUT2D eigenvalue weighted by atomic mass is 10.1. The second-order valence-electron chi connectivity index (χ2n) is 6.71. The number of carbonyl (C=O) groups is 2. The molecular formula is C22H22N2O2S2. The Morgan fingerprint density at radius 3 is 2.57 bits per heavy atom. The van der Waals surface area contributed by atoms with E-state index < -0.39 is 0 Å². The Balaban J connectivity index is 1.54. The normalized spacial score (nSPS) is 15.4. The molecule has 0 bridgehead atoms. The first-order valence-electron chi connectivity index (χ1n) is 9.11. The van der Waals surface area contributed by atoms with Crippen LogP contribution in [0.2, 0.25) is 0 Å². The molecule has 0 aliphatic carbocycles. The van der Waals surface area contributed by atoms with Gasteiger partial charge in [-0.25, -0.2) is 0 Å². The Labute approximate surface area is 175 Å². The number of nitrogens with one attached hydrogen (secondary N) is 1. The SMILES string of the molecule is Cc1ccc(NC(=O)CCCN2C(=O)/C(=C/c3ccccc3C)SC2=S)cc1. The van der Waals surface area contributed by atoms with E-state index in [1.807, 2.05) is 68.5 Å². The number of nitrogens with zero attached hydrogens (tertiary/aromatic N) is 1. The van der Waals surface area contributed by atoms with Crippen molar-refractivity contribution in [2.45, 2.75) is 26.7 Å². The summed E-state index contributed by atoms with van der Waals surface area (Å²) in [6, 6.07) is 15.6. The molecular weight excluding hydrogens is 388 g/mol. The molecule has 144 valence electrons. The molecule has 1 heterocycles. The zero-order valence-corrected chi connectivity index (χ0v) is 17.5. The molecule has 0 unspecified atom stereocenters. The Kier molecular flexibility index (Phi) is 6.65. The number of hydrogen-bond donors (Lipinski definition) is 1. The van der Waals surface area contributed by atoms with E-state index in [-0.39, 0.29) is 11.8 Å². The molecule has 1 aliphatic heterocycles. The van der Waals surface area contributed by atoms with Gasteiger partial charge < -0.3 is 5.32 Å². The molecule has 2 amide bonds. The van der Waals surface area contributed by atoms with Crippen LogP contribution in [-0.2, 0) is 9.59 Å². The molecule has 6 heteroatoms. The third kappa shape index (κ3) is 5.09. The minimum Gasteiger partial charge on any atom is -0.326 e. The van der Waals surface area contributed by atoms with Crippen molar-refractivity contribution in [3.63, 3.8) is 0 Å². The molecule has 0 atom stereocenters. The average Bonchev–Trinajstić information content (AvgIpc) is 2.93. The summed E-state index contributed by atoms with van der Waals surface area (Å²) in [5.74, 6) is -0.151. The molecule has 0 saturated carbocycles. The third-order valence-corrected chi connectivity index (χ3v) is 5.85. The third-order valence-electron chi connectivity index (χ3n) is 4.47. The summed E-state index contributed by atoms with van der Waals surface area (Å²) in [5.41, 5.74) is 4.05. The number of thiocarbonyl (C=S) groups is 1. The topological polar surface area (TPSA) is 49.4 Å². The highest BCUT2D eigenvalue weighted by Crippen LogP contribution is 2.33. The number of rotatable bonds is 6. The summed E-state index contributed by atoms with van der Waals surface area (Å²) >= 11 is 6.68. The first kappa shape index (κ1) is 20.3. The van der Waals surface area contributed by atoms with E-state index in [2.05, 4.69) is 5.32 Å². The van der Waals surface area contributed by atoms with Crippen molar-refractivity contribution in [2.24, 2.45) is 0 Å². The van der Waals surface area contributed by atoms with E-state index in [0.717, 1.165) is 22.4 Å². The van der Waals surface area contributed by atoms with Crippen LogP contribution in [0.25, 0.3) is 6.08 Å². The summed E-state index contributed by atoms with van der Waals surface area (Å²) in [6.07, 6.45) is 2.78. The van der Waals surface area contributed by atoms with Gasteiger partial charge >= 0.3 is 0 Å². The predicted molar refractivity (Wildman–Crippen MR) is 120 cm³/mol. The monoisotopic (exact) mass is 410 g/mol. The fourth-order valence-electron chi connectivity index (χ4n) is 2.84. The standard InChI is InChI=1S/C22H22N2O2S2/c1-15-9-11-18(12-10-15)23-20(25)8-5-13-24-21(26)19(28-22(24)27)14-17-7-4-3-6-16(17)2/h3-4,6-7,9-12,14H,5,8,13H2,1-2H3,(H,23,25)/b19-14-. The minimum absolute atomic E-state index is 0.0650. The maximum absolute atomic E-state index is 12.7. The Morgan fingerprint density at radius 1 is 1.14 bits per heavy atom. The van der Waals surface area contributed by atoms with Crippen molar-refractivity contribution in [3.05, 3.63) is 70.1 Å². The summed E-state index contributed by atoms with van der Waals surface area (Å²) in [5, 5.41) is 2.87. The number of carbonyl (C=O) groups excluding carboxylic acids is 2. The number of anilines is 1. The maximum atomic E-state index is 12.7. The summed E-state index contributed by atoms with van der Waals surface area (Å²) < 4.78 is 0.545. The first-order valence-corrected chi connectivity index (χ1v) is 10.3. The van der Waals surface area contributed by atoms with Gasteiger partial charge in [0.1, 0.15) is 4.32 Å². The second-order valence-corrected chi connectivity index (χ2v) is 8.38. The van der Waals surface area contributed by atoms with Crippen LogP contribution >= 0.6 is 24.0 Å². The van der Waals surface area contributed by atoms with Gasteiger partial charge in [0.25, 0.3) is 5.91 Å². The van der Waals surface area contributed by atoms with Gasteiger partial charge in [-0.3, -0.25) is 14.5 Å². The van der Waals surface area contributed by atoms with E-state index in [1.54, 1.807) is 4.90 Å². The van der Waals surface area contributed by atoms with Crippen LogP contribution < -0.4 is 5.32 Å². The van der Waals surface area contributed by atoms with Crippen molar-refractivity contribution >= 4 is 51.9 Å². The van der Waals surface area contributed by atoms with Crippen molar-refractivity contribution in [1.82, 2.24) is 4.90 Å². The van der Waals surface area contributed by atoms with Crippen LogP contribution in [0.5, 0.6) is 0 Å². The predicted octanol–water partition coefficient (Wildman–Crippen LogP) is 4.92. The molecule has 3 rings (SSSR count). The molecule has 28 heavy (non-hydrogen) atoms. The van der Waals surface area contributed by atoms with Crippen LogP contribution in [0.4, 0.5) is 5.69 Å². The van der Waals surface area contributed by atoms with E-state index in [4.69, 9.17) is 12.2 Å². The highest BCUT2D eigenvalue weighted by Gasteiger charge is 2.31. The molecule has 0 spiro atoms. The zero-order chi connectivity index (χ0) is 20.1. The van der Waals surface area contributed by atoms with Gasteiger partial charge in [0.15, 0.2) is 0 Å². The largest absolute Gasteiger partial charge is 0.326 e. The average molecular weight is 411 g/mol. The molecule has 0 radical (unpaired) electrons. The van der Waals surface area contributed by atoms with Gasteiger partial charge in [0, 0.05) is 18.7 Å². The summed E-state index contributed by atoms with van der Waals surface area (Å²) in [7, 11) is 0. The Bertz CT molecular complexity index is 936. The summed E-state index contributed by atoms with van der Waals surface area (Å²) in [4.78, 5) is 27.0. The van der Waals surface area contributed by atoms with Crippen molar-refractivity contribution in [1.29, 1.82) is 0 Å². The highest BCUT2D eigenvalue weighted by atomic mass is 32.2. The number of hydrogen-bond acceptors (Lipinski definition) is 4. The van der Waals surface area contributed by atoms with E-state index in [9.17, 15) is 9.59 Å². The number of amides is 2. The highest BCUT2D eigenvalue weighted by molar-refractivity contribution is 8.26. The fraction of sp³-hybridized carbons (Fsp3) is 0.227. The summed E-state index contributed by atoms with van der Waals surface area (Å²) in [6.45, 7) is 4.46.